The lowest BCUT2D eigenvalue weighted by atomic mass is 9.99. The van der Waals surface area contributed by atoms with Crippen LogP contribution in [-0.4, -0.2) is 25.6 Å². The SMILES string of the molecule is CC1(C)Cn2ncc([S@@](N)(=O)=NC(=O)Nc3c4c(cc5c3CCC5)CCC4)c2O1. The smallest absolute Gasteiger partial charge is 0.354 e. The van der Waals surface area contributed by atoms with Crippen LogP contribution in [0.2, 0.25) is 0 Å². The topological polar surface area (TPSA) is 112 Å². The quantitative estimate of drug-likeness (QED) is 0.785. The molecule has 0 radical (unpaired) electrons. The minimum atomic E-state index is -3.49. The average molecular weight is 416 g/mol. The van der Waals surface area contributed by atoms with Gasteiger partial charge >= 0.3 is 6.03 Å². The number of hydrogen-bond donors (Lipinski definition) is 2. The first-order valence-electron chi connectivity index (χ1n) is 10.0. The molecule has 0 saturated heterocycles. The van der Waals surface area contributed by atoms with E-state index in [0.29, 0.717) is 12.4 Å². The number of rotatable bonds is 2. The highest BCUT2D eigenvalue weighted by Gasteiger charge is 2.35. The van der Waals surface area contributed by atoms with Crippen LogP contribution in [0.4, 0.5) is 10.5 Å². The van der Waals surface area contributed by atoms with E-state index >= 15 is 0 Å². The fourth-order valence-electron chi connectivity index (χ4n) is 4.70. The molecular formula is C20H25N5O3S. The molecule has 3 aliphatic rings. The van der Waals surface area contributed by atoms with Gasteiger partial charge in [0.05, 0.1) is 12.7 Å². The van der Waals surface area contributed by atoms with Crippen LogP contribution in [0, 0.1) is 0 Å². The zero-order valence-corrected chi connectivity index (χ0v) is 17.5. The van der Waals surface area contributed by atoms with Crippen LogP contribution in [0.3, 0.4) is 0 Å². The van der Waals surface area contributed by atoms with Crippen LogP contribution in [0.25, 0.3) is 0 Å². The van der Waals surface area contributed by atoms with E-state index in [1.54, 1.807) is 4.68 Å². The maximum atomic E-state index is 13.1. The molecule has 2 aromatic rings. The minimum absolute atomic E-state index is 0.154. The fraction of sp³-hybridized carbons (Fsp3) is 0.500. The minimum Gasteiger partial charge on any atom is -0.469 e. The second-order valence-corrected chi connectivity index (χ2v) is 10.4. The lowest BCUT2D eigenvalue weighted by Gasteiger charge is -2.16. The van der Waals surface area contributed by atoms with E-state index in [9.17, 15) is 9.00 Å². The molecule has 2 aliphatic carbocycles. The highest BCUT2D eigenvalue weighted by molar-refractivity contribution is 7.91. The Morgan fingerprint density at radius 3 is 2.55 bits per heavy atom. The van der Waals surface area contributed by atoms with Crippen LogP contribution in [0.5, 0.6) is 5.88 Å². The maximum Gasteiger partial charge on any atom is 0.354 e. The summed E-state index contributed by atoms with van der Waals surface area (Å²) in [5.41, 5.74) is 5.37. The summed E-state index contributed by atoms with van der Waals surface area (Å²) in [5.74, 6) is 0.320. The van der Waals surface area contributed by atoms with Crippen molar-refractivity contribution in [1.82, 2.24) is 9.78 Å². The number of nitrogens with two attached hydrogens (primary N) is 1. The van der Waals surface area contributed by atoms with Crippen molar-refractivity contribution < 1.29 is 13.7 Å². The number of nitrogens with one attached hydrogen (secondary N) is 1. The van der Waals surface area contributed by atoms with Gasteiger partial charge in [-0.25, -0.2) is 18.8 Å². The Hall–Kier alpha value is -2.39. The molecule has 1 aromatic heterocycles. The number of anilines is 1. The third kappa shape index (κ3) is 3.12. The molecule has 8 nitrogen and oxygen atoms in total. The molecule has 9 heteroatoms. The van der Waals surface area contributed by atoms with Gasteiger partial charge in [0.1, 0.15) is 10.5 Å². The predicted molar refractivity (Wildman–Crippen MR) is 109 cm³/mol. The van der Waals surface area contributed by atoms with Gasteiger partial charge in [-0.05, 0) is 74.6 Å². The Kier molecular flexibility index (Phi) is 4.05. The summed E-state index contributed by atoms with van der Waals surface area (Å²) in [6, 6.07) is 1.60. The lowest BCUT2D eigenvalue weighted by molar-refractivity contribution is 0.132. The van der Waals surface area contributed by atoms with Crippen LogP contribution >= 0.6 is 0 Å². The number of nitrogens with zero attached hydrogens (tertiary/aromatic N) is 3. The molecular weight excluding hydrogens is 390 g/mol. The molecule has 0 fully saturated rings. The molecule has 5 rings (SSSR count). The Morgan fingerprint density at radius 1 is 1.24 bits per heavy atom. The number of ether oxygens (including phenoxy) is 1. The van der Waals surface area contributed by atoms with Crippen LogP contribution in [0.15, 0.2) is 21.5 Å². The summed E-state index contributed by atoms with van der Waals surface area (Å²) in [6.07, 6.45) is 7.49. The van der Waals surface area contributed by atoms with E-state index in [-0.39, 0.29) is 4.90 Å². The Bertz CT molecular complexity index is 1130. The van der Waals surface area contributed by atoms with Crippen molar-refractivity contribution in [3.05, 3.63) is 34.5 Å². The van der Waals surface area contributed by atoms with Crippen molar-refractivity contribution in [2.75, 3.05) is 5.32 Å². The first-order chi connectivity index (χ1) is 13.7. The van der Waals surface area contributed by atoms with Gasteiger partial charge in [-0.1, -0.05) is 6.07 Å². The first-order valence-corrected chi connectivity index (χ1v) is 11.6. The van der Waals surface area contributed by atoms with E-state index in [0.717, 1.165) is 44.2 Å². The van der Waals surface area contributed by atoms with Crippen LogP contribution < -0.4 is 15.2 Å². The van der Waals surface area contributed by atoms with Gasteiger partial charge in [0.25, 0.3) is 0 Å². The summed E-state index contributed by atoms with van der Waals surface area (Å²) in [5, 5.41) is 13.1. The van der Waals surface area contributed by atoms with Gasteiger partial charge in [0, 0.05) is 5.69 Å². The third-order valence-corrected chi connectivity index (χ3v) is 7.25. The van der Waals surface area contributed by atoms with Gasteiger partial charge in [0.2, 0.25) is 5.88 Å². The molecule has 29 heavy (non-hydrogen) atoms. The van der Waals surface area contributed by atoms with Gasteiger partial charge in [0.15, 0.2) is 9.92 Å². The van der Waals surface area contributed by atoms with Crippen molar-refractivity contribution in [2.24, 2.45) is 9.50 Å². The van der Waals surface area contributed by atoms with Gasteiger partial charge in [-0.15, -0.1) is 4.36 Å². The standard InChI is InChI=1S/C20H25N5O3S/c1-20(2)11-25-18(28-20)16(10-22-25)29(21,27)24-19(26)23-17-14-7-3-5-12(14)9-13-6-4-8-15(13)17/h9-10H,3-8,11H2,1-2H3,(H3,21,23,24,26,27)/t29-/m0/s1. The van der Waals surface area contributed by atoms with Gasteiger partial charge < -0.3 is 10.1 Å². The molecule has 2 heterocycles. The highest BCUT2D eigenvalue weighted by Crippen LogP contribution is 2.39. The molecule has 0 bridgehead atoms. The number of benzene rings is 1. The molecule has 1 aromatic carbocycles. The van der Waals surface area contributed by atoms with Crippen LogP contribution in [0.1, 0.15) is 48.9 Å². The molecule has 1 aliphatic heterocycles. The lowest BCUT2D eigenvalue weighted by Crippen LogP contribution is -2.27. The second kappa shape index (κ2) is 6.30. The number of fused-ring (bicyclic) bond motifs is 3. The normalized spacial score (nSPS) is 20.4. The number of hydrogen-bond acceptors (Lipinski definition) is 4. The van der Waals surface area contributed by atoms with Crippen molar-refractivity contribution in [2.45, 2.75) is 69.4 Å². The van der Waals surface area contributed by atoms with Crippen molar-refractivity contribution >= 4 is 21.6 Å². The molecule has 2 amide bonds. The Balaban J connectivity index is 1.48. The van der Waals surface area contributed by atoms with Crippen molar-refractivity contribution in [3.8, 4) is 5.88 Å². The van der Waals surface area contributed by atoms with E-state index < -0.39 is 21.5 Å². The van der Waals surface area contributed by atoms with E-state index in [4.69, 9.17) is 9.88 Å². The first kappa shape index (κ1) is 18.6. The monoisotopic (exact) mass is 415 g/mol. The van der Waals surface area contributed by atoms with E-state index in [1.165, 1.54) is 28.5 Å². The number of amides is 2. The zero-order chi connectivity index (χ0) is 20.4. The fourth-order valence-corrected chi connectivity index (χ4v) is 5.68. The van der Waals surface area contributed by atoms with Crippen LogP contribution in [-0.2, 0) is 42.1 Å². The Labute approximate surface area is 170 Å². The van der Waals surface area contributed by atoms with Gasteiger partial charge in [-0.2, -0.15) is 5.10 Å². The molecule has 3 N–H and O–H groups in total. The highest BCUT2D eigenvalue weighted by atomic mass is 32.2. The zero-order valence-electron chi connectivity index (χ0n) is 16.7. The van der Waals surface area contributed by atoms with E-state index in [1.807, 2.05) is 13.8 Å². The molecule has 0 unspecified atom stereocenters. The maximum absolute atomic E-state index is 13.1. The predicted octanol–water partition coefficient (Wildman–Crippen LogP) is 2.96. The molecule has 154 valence electrons. The van der Waals surface area contributed by atoms with Crippen molar-refractivity contribution in [1.29, 1.82) is 0 Å². The van der Waals surface area contributed by atoms with E-state index in [2.05, 4.69) is 20.8 Å². The Morgan fingerprint density at radius 2 is 1.90 bits per heavy atom. The summed E-state index contributed by atoms with van der Waals surface area (Å²) < 4.78 is 24.4. The summed E-state index contributed by atoms with van der Waals surface area (Å²) >= 11 is 0. The average Bonchev–Trinajstić information content (AvgIpc) is 3.35. The number of urea groups is 1. The molecule has 0 spiro atoms. The molecule has 1 atom stereocenters. The second-order valence-electron chi connectivity index (χ2n) is 8.66. The summed E-state index contributed by atoms with van der Waals surface area (Å²) in [7, 11) is -3.49. The number of aromatic nitrogens is 2. The summed E-state index contributed by atoms with van der Waals surface area (Å²) in [6.45, 7) is 4.33. The number of aryl methyl sites for hydroxylation is 2. The van der Waals surface area contributed by atoms with Crippen molar-refractivity contribution in [3.63, 3.8) is 0 Å². The largest absolute Gasteiger partial charge is 0.469 e. The summed E-state index contributed by atoms with van der Waals surface area (Å²) in [4.78, 5) is 12.9. The number of carbonyl (C=O) groups excluding carboxylic acids is 1. The van der Waals surface area contributed by atoms with Gasteiger partial charge in [-0.3, -0.25) is 0 Å². The number of carbonyl (C=O) groups is 1. The third-order valence-electron chi connectivity index (χ3n) is 5.90. The molecule has 0 saturated carbocycles.